The van der Waals surface area contributed by atoms with Crippen molar-refractivity contribution in [1.29, 1.82) is 0 Å². The van der Waals surface area contributed by atoms with Gasteiger partial charge >= 0.3 is 5.97 Å². The second-order valence-electron chi connectivity index (χ2n) is 7.90. The summed E-state index contributed by atoms with van der Waals surface area (Å²) in [5.41, 5.74) is 4.76. The van der Waals surface area contributed by atoms with Gasteiger partial charge in [0.15, 0.2) is 22.5 Å². The summed E-state index contributed by atoms with van der Waals surface area (Å²) >= 11 is 1.20. The highest BCUT2D eigenvalue weighted by molar-refractivity contribution is 7.99. The van der Waals surface area contributed by atoms with E-state index in [2.05, 4.69) is 20.7 Å². The van der Waals surface area contributed by atoms with E-state index in [1.165, 1.54) is 51.4 Å². The summed E-state index contributed by atoms with van der Waals surface area (Å²) in [4.78, 5) is 23.4. The number of para-hydroxylation sites is 1. The van der Waals surface area contributed by atoms with Crippen LogP contribution in [0.25, 0.3) is 17.1 Å². The second-order valence-corrected chi connectivity index (χ2v) is 8.84. The van der Waals surface area contributed by atoms with Gasteiger partial charge in [-0.2, -0.15) is 5.10 Å². The summed E-state index contributed by atoms with van der Waals surface area (Å²) in [6.45, 7) is 0. The average Bonchev–Trinajstić information content (AvgIpc) is 3.40. The third kappa shape index (κ3) is 6.36. The molecule has 3 aromatic carbocycles. The van der Waals surface area contributed by atoms with Crippen molar-refractivity contribution < 1.29 is 28.9 Å². The van der Waals surface area contributed by atoms with Crippen LogP contribution in [0.5, 0.6) is 17.2 Å². The second kappa shape index (κ2) is 12.6. The smallest absolute Gasteiger partial charge is 0.335 e. The van der Waals surface area contributed by atoms with Crippen molar-refractivity contribution in [1.82, 2.24) is 20.2 Å². The number of amides is 1. The van der Waals surface area contributed by atoms with Crippen LogP contribution in [-0.4, -0.2) is 65.0 Å². The van der Waals surface area contributed by atoms with Gasteiger partial charge in [-0.15, -0.1) is 10.2 Å². The SMILES string of the molecule is COc1cc(-c2nnc(SCC(=O)N/N=C/c3ccc(C(=O)O)cc3)n2-c2ccccc2)cc(OC)c1OC. The first kappa shape index (κ1) is 27.2. The molecule has 1 heterocycles. The van der Waals surface area contributed by atoms with Gasteiger partial charge in [0.2, 0.25) is 5.75 Å². The molecule has 1 amide bonds. The monoisotopic (exact) mass is 547 g/mol. The predicted molar refractivity (Wildman–Crippen MR) is 146 cm³/mol. The maximum absolute atomic E-state index is 12.5. The van der Waals surface area contributed by atoms with Gasteiger partial charge in [-0.3, -0.25) is 9.36 Å². The van der Waals surface area contributed by atoms with Crippen LogP contribution < -0.4 is 19.6 Å². The number of benzene rings is 3. The van der Waals surface area contributed by atoms with Gasteiger partial charge in [-0.25, -0.2) is 10.2 Å². The lowest BCUT2D eigenvalue weighted by atomic mass is 10.1. The number of thioether (sulfide) groups is 1. The fraction of sp³-hybridized carbons (Fsp3) is 0.148. The summed E-state index contributed by atoms with van der Waals surface area (Å²) in [7, 11) is 4.61. The average molecular weight is 548 g/mol. The van der Waals surface area contributed by atoms with E-state index in [1.54, 1.807) is 24.3 Å². The van der Waals surface area contributed by atoms with Crippen LogP contribution in [0.15, 0.2) is 77.0 Å². The molecule has 0 fully saturated rings. The molecule has 0 aliphatic rings. The molecule has 12 heteroatoms. The lowest BCUT2D eigenvalue weighted by Crippen LogP contribution is -2.20. The number of carboxylic acids is 1. The minimum Gasteiger partial charge on any atom is -0.493 e. The summed E-state index contributed by atoms with van der Waals surface area (Å²) in [6.07, 6.45) is 1.43. The van der Waals surface area contributed by atoms with E-state index in [0.29, 0.717) is 39.4 Å². The molecular formula is C27H25N5O6S. The van der Waals surface area contributed by atoms with Crippen LogP contribution in [0.4, 0.5) is 0 Å². The zero-order valence-electron chi connectivity index (χ0n) is 21.3. The molecule has 39 heavy (non-hydrogen) atoms. The molecule has 2 N–H and O–H groups in total. The largest absolute Gasteiger partial charge is 0.493 e. The lowest BCUT2D eigenvalue weighted by Gasteiger charge is -2.15. The van der Waals surface area contributed by atoms with Crippen LogP contribution >= 0.6 is 11.8 Å². The molecule has 0 aliphatic carbocycles. The van der Waals surface area contributed by atoms with E-state index < -0.39 is 5.97 Å². The molecule has 0 saturated heterocycles. The number of hydrogen-bond donors (Lipinski definition) is 2. The Morgan fingerprint density at radius 1 is 0.974 bits per heavy atom. The fourth-order valence-electron chi connectivity index (χ4n) is 3.62. The Kier molecular flexibility index (Phi) is 8.79. The van der Waals surface area contributed by atoms with Gasteiger partial charge < -0.3 is 19.3 Å². The van der Waals surface area contributed by atoms with Crippen molar-refractivity contribution >= 4 is 29.9 Å². The van der Waals surface area contributed by atoms with Gasteiger partial charge in [0.1, 0.15) is 0 Å². The Hall–Kier alpha value is -4.84. The maximum atomic E-state index is 12.5. The molecule has 0 radical (unpaired) electrons. The zero-order valence-corrected chi connectivity index (χ0v) is 22.1. The van der Waals surface area contributed by atoms with Crippen molar-refractivity contribution in [2.45, 2.75) is 5.16 Å². The number of hydrazone groups is 1. The number of nitrogens with one attached hydrogen (secondary N) is 1. The van der Waals surface area contributed by atoms with Gasteiger partial charge in [0.05, 0.1) is 38.9 Å². The van der Waals surface area contributed by atoms with E-state index in [-0.39, 0.29) is 17.2 Å². The molecule has 0 unspecified atom stereocenters. The highest BCUT2D eigenvalue weighted by atomic mass is 32.2. The van der Waals surface area contributed by atoms with Crippen LogP contribution in [0, 0.1) is 0 Å². The third-order valence-electron chi connectivity index (χ3n) is 5.46. The van der Waals surface area contributed by atoms with Crippen molar-refractivity contribution in [2.75, 3.05) is 27.1 Å². The Balaban J connectivity index is 1.55. The molecule has 0 bridgehead atoms. The molecule has 0 spiro atoms. The first-order valence-corrected chi connectivity index (χ1v) is 12.5. The summed E-state index contributed by atoms with van der Waals surface area (Å²) < 4.78 is 18.3. The van der Waals surface area contributed by atoms with Gasteiger partial charge in [-0.05, 0) is 42.0 Å². The van der Waals surface area contributed by atoms with Gasteiger partial charge in [0.25, 0.3) is 5.91 Å². The number of hydrogen-bond acceptors (Lipinski definition) is 9. The lowest BCUT2D eigenvalue weighted by molar-refractivity contribution is -0.118. The molecule has 0 saturated carbocycles. The summed E-state index contributed by atoms with van der Waals surface area (Å²) in [5, 5.41) is 22.2. The van der Waals surface area contributed by atoms with Crippen molar-refractivity contribution in [3.05, 3.63) is 77.9 Å². The van der Waals surface area contributed by atoms with Crippen LogP contribution in [0.2, 0.25) is 0 Å². The molecule has 11 nitrogen and oxygen atoms in total. The molecule has 0 aliphatic heterocycles. The van der Waals surface area contributed by atoms with Gasteiger partial charge in [0, 0.05) is 11.3 Å². The van der Waals surface area contributed by atoms with Crippen LogP contribution in [0.3, 0.4) is 0 Å². The summed E-state index contributed by atoms with van der Waals surface area (Å²) in [6, 6.07) is 19.2. The van der Waals surface area contributed by atoms with Crippen molar-refractivity contribution in [3.63, 3.8) is 0 Å². The topological polar surface area (TPSA) is 137 Å². The van der Waals surface area contributed by atoms with Crippen LogP contribution in [-0.2, 0) is 4.79 Å². The number of methoxy groups -OCH3 is 3. The number of rotatable bonds is 11. The van der Waals surface area contributed by atoms with E-state index in [0.717, 1.165) is 5.69 Å². The van der Waals surface area contributed by atoms with Crippen LogP contribution in [0.1, 0.15) is 15.9 Å². The number of carbonyl (C=O) groups is 2. The highest BCUT2D eigenvalue weighted by Gasteiger charge is 2.21. The number of nitrogens with zero attached hydrogens (tertiary/aromatic N) is 4. The van der Waals surface area contributed by atoms with E-state index in [9.17, 15) is 9.59 Å². The number of carboxylic acid groups (broad SMARTS) is 1. The Bertz CT molecular complexity index is 1460. The van der Waals surface area contributed by atoms with E-state index in [4.69, 9.17) is 19.3 Å². The minimum absolute atomic E-state index is 0.0233. The van der Waals surface area contributed by atoms with Gasteiger partial charge in [-0.1, -0.05) is 42.1 Å². The summed E-state index contributed by atoms with van der Waals surface area (Å²) in [5.74, 6) is 0.577. The Morgan fingerprint density at radius 3 is 2.23 bits per heavy atom. The van der Waals surface area contributed by atoms with E-state index >= 15 is 0 Å². The minimum atomic E-state index is -1.01. The molecule has 0 atom stereocenters. The quantitative estimate of drug-likeness (QED) is 0.163. The number of carbonyl (C=O) groups excluding carboxylic acids is 1. The molecular weight excluding hydrogens is 522 g/mol. The fourth-order valence-corrected chi connectivity index (χ4v) is 4.37. The maximum Gasteiger partial charge on any atom is 0.335 e. The standard InChI is InChI=1S/C27H25N5O6S/c1-36-21-13-19(14-22(37-2)24(21)38-3)25-30-31-27(32(25)20-7-5-4-6-8-20)39-16-23(33)29-28-15-17-9-11-18(12-10-17)26(34)35/h4-15H,16H2,1-3H3,(H,29,33)(H,34,35)/b28-15+. The van der Waals surface area contributed by atoms with E-state index in [1.807, 2.05) is 34.9 Å². The molecule has 200 valence electrons. The Labute approximate surface area is 228 Å². The number of aromatic nitrogens is 3. The third-order valence-corrected chi connectivity index (χ3v) is 6.39. The number of aromatic carboxylic acids is 1. The zero-order chi connectivity index (χ0) is 27.8. The van der Waals surface area contributed by atoms with Crippen molar-refractivity contribution in [3.8, 4) is 34.3 Å². The number of ether oxygens (including phenoxy) is 3. The molecule has 4 rings (SSSR count). The highest BCUT2D eigenvalue weighted by Crippen LogP contribution is 2.41. The first-order chi connectivity index (χ1) is 18.9. The molecule has 4 aromatic rings. The first-order valence-electron chi connectivity index (χ1n) is 11.5. The Morgan fingerprint density at radius 2 is 1.64 bits per heavy atom. The normalized spacial score (nSPS) is 10.8. The predicted octanol–water partition coefficient (Wildman–Crippen LogP) is 3.90. The molecule has 1 aromatic heterocycles. The van der Waals surface area contributed by atoms with Crippen molar-refractivity contribution in [2.24, 2.45) is 5.10 Å².